The van der Waals surface area contributed by atoms with Gasteiger partial charge >= 0.3 is 0 Å². The maximum atomic E-state index is 13.1. The minimum Gasteiger partial charge on any atom is -0.495 e. The van der Waals surface area contributed by atoms with Crippen LogP contribution in [0.1, 0.15) is 18.4 Å². The number of hydrogen-bond donors (Lipinski definition) is 1. The summed E-state index contributed by atoms with van der Waals surface area (Å²) in [5, 5.41) is 3.22. The number of sulfonamides is 1. The van der Waals surface area contributed by atoms with E-state index in [0.717, 1.165) is 5.56 Å². The summed E-state index contributed by atoms with van der Waals surface area (Å²) < 4.78 is 32.8. The molecule has 1 atom stereocenters. The molecular formula is C20H23ClN2O4S. The number of piperidine rings is 1. The van der Waals surface area contributed by atoms with Gasteiger partial charge in [-0.25, -0.2) is 8.42 Å². The molecule has 1 aliphatic heterocycles. The van der Waals surface area contributed by atoms with E-state index in [1.165, 1.54) is 23.5 Å². The van der Waals surface area contributed by atoms with Crippen LogP contribution < -0.4 is 10.1 Å². The van der Waals surface area contributed by atoms with Gasteiger partial charge in [-0.1, -0.05) is 41.9 Å². The van der Waals surface area contributed by atoms with Crippen LogP contribution in [0.5, 0.6) is 5.75 Å². The first-order chi connectivity index (χ1) is 13.4. The first-order valence-corrected chi connectivity index (χ1v) is 10.9. The van der Waals surface area contributed by atoms with E-state index in [9.17, 15) is 13.2 Å². The summed E-state index contributed by atoms with van der Waals surface area (Å²) >= 11 is 5.99. The molecule has 0 bridgehead atoms. The zero-order chi connectivity index (χ0) is 20.1. The van der Waals surface area contributed by atoms with Crippen molar-refractivity contribution in [3.8, 4) is 5.75 Å². The lowest BCUT2D eigenvalue weighted by molar-refractivity contribution is -0.126. The van der Waals surface area contributed by atoms with Gasteiger partial charge < -0.3 is 10.1 Å². The smallest absolute Gasteiger partial charge is 0.246 e. The Bertz CT molecular complexity index is 934. The Hall–Kier alpha value is -2.09. The maximum Gasteiger partial charge on any atom is 0.246 e. The fourth-order valence-electron chi connectivity index (χ4n) is 3.30. The average Bonchev–Trinajstić information content (AvgIpc) is 2.72. The highest BCUT2D eigenvalue weighted by atomic mass is 35.5. The number of amides is 1. The van der Waals surface area contributed by atoms with Crippen molar-refractivity contribution < 1.29 is 17.9 Å². The zero-order valence-corrected chi connectivity index (χ0v) is 17.2. The molecule has 2 aromatic carbocycles. The highest BCUT2D eigenvalue weighted by molar-refractivity contribution is 7.89. The van der Waals surface area contributed by atoms with Crippen molar-refractivity contribution in [1.82, 2.24) is 9.62 Å². The molecule has 0 radical (unpaired) electrons. The molecule has 0 aliphatic carbocycles. The zero-order valence-electron chi connectivity index (χ0n) is 15.6. The van der Waals surface area contributed by atoms with Gasteiger partial charge in [-0.15, -0.1) is 0 Å². The van der Waals surface area contributed by atoms with Crippen molar-refractivity contribution in [2.45, 2.75) is 24.3 Å². The van der Waals surface area contributed by atoms with Crippen LogP contribution in [0.2, 0.25) is 5.02 Å². The number of benzene rings is 2. The molecule has 8 heteroatoms. The first kappa shape index (κ1) is 20.6. The Morgan fingerprint density at radius 1 is 1.25 bits per heavy atom. The third-order valence-corrected chi connectivity index (χ3v) is 6.93. The molecule has 2 aromatic rings. The van der Waals surface area contributed by atoms with E-state index in [1.54, 1.807) is 6.07 Å². The number of methoxy groups -OCH3 is 1. The molecule has 150 valence electrons. The lowest BCUT2D eigenvalue weighted by Gasteiger charge is -2.31. The van der Waals surface area contributed by atoms with Crippen molar-refractivity contribution in [1.29, 1.82) is 0 Å². The normalized spacial score (nSPS) is 17.9. The van der Waals surface area contributed by atoms with Gasteiger partial charge in [-0.05, 0) is 36.6 Å². The fourth-order valence-corrected chi connectivity index (χ4v) is 5.24. The van der Waals surface area contributed by atoms with Gasteiger partial charge in [-0.2, -0.15) is 4.31 Å². The molecule has 1 heterocycles. The molecule has 1 aliphatic rings. The highest BCUT2D eigenvalue weighted by Crippen LogP contribution is 2.31. The number of rotatable bonds is 6. The summed E-state index contributed by atoms with van der Waals surface area (Å²) in [7, 11) is -2.40. The third kappa shape index (κ3) is 4.66. The average molecular weight is 423 g/mol. The van der Waals surface area contributed by atoms with E-state index in [0.29, 0.717) is 31.0 Å². The third-order valence-electron chi connectivity index (χ3n) is 4.81. The lowest BCUT2D eigenvalue weighted by Crippen LogP contribution is -2.45. The molecule has 0 spiro atoms. The molecule has 0 aromatic heterocycles. The molecule has 0 saturated carbocycles. The highest BCUT2D eigenvalue weighted by Gasteiger charge is 2.34. The largest absolute Gasteiger partial charge is 0.495 e. The summed E-state index contributed by atoms with van der Waals surface area (Å²) in [6.07, 6.45) is 1.27. The van der Waals surface area contributed by atoms with Crippen LogP contribution in [0.15, 0.2) is 53.4 Å². The summed E-state index contributed by atoms with van der Waals surface area (Å²) in [6.45, 7) is 0.921. The fraction of sp³-hybridized carbons (Fsp3) is 0.350. The van der Waals surface area contributed by atoms with Crippen LogP contribution in [0.4, 0.5) is 0 Å². The Labute approximate surface area is 170 Å². The monoisotopic (exact) mass is 422 g/mol. The number of nitrogens with zero attached hydrogens (tertiary/aromatic N) is 1. The van der Waals surface area contributed by atoms with Crippen LogP contribution in [0.3, 0.4) is 0 Å². The molecule has 1 saturated heterocycles. The Morgan fingerprint density at radius 3 is 2.71 bits per heavy atom. The van der Waals surface area contributed by atoms with Gasteiger partial charge in [0.25, 0.3) is 0 Å². The van der Waals surface area contributed by atoms with Gasteiger partial charge in [0.2, 0.25) is 15.9 Å². The minimum absolute atomic E-state index is 0.0212. The molecule has 6 nitrogen and oxygen atoms in total. The van der Waals surface area contributed by atoms with Crippen molar-refractivity contribution in [3.63, 3.8) is 0 Å². The van der Waals surface area contributed by atoms with Gasteiger partial charge in [0.1, 0.15) is 10.6 Å². The van der Waals surface area contributed by atoms with Crippen LogP contribution in [-0.4, -0.2) is 38.8 Å². The predicted octanol–water partition coefficient (Wildman–Crippen LogP) is 3.07. The second-order valence-electron chi connectivity index (χ2n) is 6.70. The molecular weight excluding hydrogens is 400 g/mol. The molecule has 1 amide bonds. The Balaban J connectivity index is 1.72. The van der Waals surface area contributed by atoms with Crippen molar-refractivity contribution >= 4 is 27.5 Å². The van der Waals surface area contributed by atoms with Gasteiger partial charge in [0, 0.05) is 24.7 Å². The second kappa shape index (κ2) is 8.94. The second-order valence-corrected chi connectivity index (χ2v) is 9.04. The quantitative estimate of drug-likeness (QED) is 0.776. The summed E-state index contributed by atoms with van der Waals surface area (Å²) in [6, 6.07) is 14.1. The van der Waals surface area contributed by atoms with Crippen molar-refractivity contribution in [2.75, 3.05) is 20.2 Å². The van der Waals surface area contributed by atoms with E-state index >= 15 is 0 Å². The summed E-state index contributed by atoms with van der Waals surface area (Å²) in [4.78, 5) is 12.6. The Kier molecular flexibility index (Phi) is 6.59. The van der Waals surface area contributed by atoms with Crippen LogP contribution >= 0.6 is 11.6 Å². The summed E-state index contributed by atoms with van der Waals surface area (Å²) in [5.41, 5.74) is 1.000. The number of carbonyl (C=O) groups excluding carboxylic acids is 1. The summed E-state index contributed by atoms with van der Waals surface area (Å²) in [5.74, 6) is -0.292. The SMILES string of the molecule is COc1ccc(Cl)cc1S(=O)(=O)N1CCC[C@@H](C(=O)NCc2ccccc2)C1. The maximum absolute atomic E-state index is 13.1. The number of ether oxygens (including phenoxy) is 1. The lowest BCUT2D eigenvalue weighted by atomic mass is 9.99. The standard InChI is InChI=1S/C20H23ClN2O4S/c1-27-18-10-9-17(21)12-19(18)28(25,26)23-11-5-8-16(14-23)20(24)22-13-15-6-3-2-4-7-15/h2-4,6-7,9-10,12,16H,5,8,11,13-14H2,1H3,(H,22,24)/t16-/m1/s1. The Morgan fingerprint density at radius 2 is 2.00 bits per heavy atom. The van der Waals surface area contributed by atoms with Gasteiger partial charge in [-0.3, -0.25) is 4.79 Å². The number of halogens is 1. The molecule has 0 unspecified atom stereocenters. The molecule has 28 heavy (non-hydrogen) atoms. The molecule has 3 rings (SSSR count). The number of nitrogens with one attached hydrogen (secondary N) is 1. The van der Waals surface area contributed by atoms with Crippen LogP contribution in [0.25, 0.3) is 0 Å². The van der Waals surface area contributed by atoms with E-state index in [-0.39, 0.29) is 23.1 Å². The minimum atomic E-state index is -3.82. The van der Waals surface area contributed by atoms with Gasteiger partial charge in [0.05, 0.1) is 13.0 Å². The molecule has 1 fully saturated rings. The van der Waals surface area contributed by atoms with E-state index in [4.69, 9.17) is 16.3 Å². The first-order valence-electron chi connectivity index (χ1n) is 9.07. The van der Waals surface area contributed by atoms with Gasteiger partial charge in [0.15, 0.2) is 0 Å². The van der Waals surface area contributed by atoms with Crippen LogP contribution in [0, 0.1) is 5.92 Å². The van der Waals surface area contributed by atoms with E-state index in [2.05, 4.69) is 5.32 Å². The number of carbonyl (C=O) groups is 1. The number of hydrogen-bond acceptors (Lipinski definition) is 4. The topological polar surface area (TPSA) is 75.7 Å². The predicted molar refractivity (Wildman–Crippen MR) is 108 cm³/mol. The van der Waals surface area contributed by atoms with Crippen LogP contribution in [-0.2, 0) is 21.4 Å². The van der Waals surface area contributed by atoms with Crippen molar-refractivity contribution in [3.05, 3.63) is 59.1 Å². The van der Waals surface area contributed by atoms with Crippen molar-refractivity contribution in [2.24, 2.45) is 5.92 Å². The van der Waals surface area contributed by atoms with E-state index in [1.807, 2.05) is 30.3 Å². The molecule has 1 N–H and O–H groups in total. The van der Waals surface area contributed by atoms with E-state index < -0.39 is 15.9 Å².